The number of carboxylic acid groups (broad SMARTS) is 1. The van der Waals surface area contributed by atoms with E-state index in [1.54, 1.807) is 13.8 Å². The van der Waals surface area contributed by atoms with Gasteiger partial charge in [0.2, 0.25) is 5.91 Å². The fourth-order valence-electron chi connectivity index (χ4n) is 3.45. The van der Waals surface area contributed by atoms with Gasteiger partial charge in [-0.2, -0.15) is 0 Å². The minimum atomic E-state index is -1.06. The molecular formula is C28H50N4O7. The molecule has 0 aliphatic heterocycles. The van der Waals surface area contributed by atoms with Gasteiger partial charge in [0, 0.05) is 11.1 Å². The lowest BCUT2D eigenvalue weighted by atomic mass is 10.1. The number of carbonyl (C=O) groups excluding carboxylic acids is 3. The van der Waals surface area contributed by atoms with Crippen molar-refractivity contribution in [1.82, 2.24) is 16.0 Å². The molecule has 39 heavy (non-hydrogen) atoms. The summed E-state index contributed by atoms with van der Waals surface area (Å²) in [7, 11) is 0. The van der Waals surface area contributed by atoms with Crippen LogP contribution in [-0.2, 0) is 28.7 Å². The summed E-state index contributed by atoms with van der Waals surface area (Å²) in [5.74, 6) is -2.24. The number of esters is 2. The van der Waals surface area contributed by atoms with Crippen molar-refractivity contribution in [1.29, 1.82) is 0 Å². The SMILES string of the molecule is C=C(C)C(=O)OCCCNCCCCC[C@H](NC(=O)[C@@H](N)CCCCCNCCCOC(=O)C(=C)C)C(=O)O. The third kappa shape index (κ3) is 20.8. The maximum atomic E-state index is 12.4. The zero-order chi connectivity index (χ0) is 29.5. The maximum absolute atomic E-state index is 12.4. The molecule has 1 amide bonds. The highest BCUT2D eigenvalue weighted by Gasteiger charge is 2.22. The fraction of sp³-hybridized carbons (Fsp3) is 0.714. The number of carboxylic acids is 1. The number of carbonyl (C=O) groups is 4. The van der Waals surface area contributed by atoms with Crippen molar-refractivity contribution < 1.29 is 33.8 Å². The first-order valence-corrected chi connectivity index (χ1v) is 13.9. The highest BCUT2D eigenvalue weighted by molar-refractivity contribution is 5.87. The molecule has 0 aromatic carbocycles. The van der Waals surface area contributed by atoms with Crippen LogP contribution in [0.25, 0.3) is 0 Å². The average Bonchev–Trinajstić information content (AvgIpc) is 2.88. The Balaban J connectivity index is 3.82. The van der Waals surface area contributed by atoms with E-state index in [0.29, 0.717) is 50.0 Å². The van der Waals surface area contributed by atoms with E-state index in [1.807, 2.05) is 0 Å². The molecule has 0 aromatic heterocycles. The van der Waals surface area contributed by atoms with Crippen molar-refractivity contribution in [3.05, 3.63) is 24.3 Å². The van der Waals surface area contributed by atoms with Crippen LogP contribution in [0.4, 0.5) is 0 Å². The van der Waals surface area contributed by atoms with Crippen LogP contribution in [0.5, 0.6) is 0 Å². The summed E-state index contributed by atoms with van der Waals surface area (Å²) in [4.78, 5) is 46.4. The quantitative estimate of drug-likeness (QED) is 0.0640. The number of rotatable bonds is 25. The summed E-state index contributed by atoms with van der Waals surface area (Å²) in [6.45, 7) is 14.0. The highest BCUT2D eigenvalue weighted by atomic mass is 16.5. The van der Waals surface area contributed by atoms with Crippen molar-refractivity contribution in [3.63, 3.8) is 0 Å². The predicted octanol–water partition coefficient (Wildman–Crippen LogP) is 2.20. The molecule has 0 heterocycles. The van der Waals surface area contributed by atoms with Gasteiger partial charge in [-0.3, -0.25) is 4.79 Å². The van der Waals surface area contributed by atoms with Crippen LogP contribution in [0.1, 0.15) is 78.1 Å². The van der Waals surface area contributed by atoms with Crippen LogP contribution < -0.4 is 21.7 Å². The summed E-state index contributed by atoms with van der Waals surface area (Å²) in [5, 5.41) is 18.6. The van der Waals surface area contributed by atoms with E-state index in [1.165, 1.54) is 0 Å². The minimum absolute atomic E-state index is 0.343. The molecule has 0 spiro atoms. The van der Waals surface area contributed by atoms with Gasteiger partial charge in [-0.15, -0.1) is 0 Å². The molecule has 11 heteroatoms. The first-order valence-electron chi connectivity index (χ1n) is 13.9. The van der Waals surface area contributed by atoms with Gasteiger partial charge in [0.1, 0.15) is 6.04 Å². The second-order valence-electron chi connectivity index (χ2n) is 9.74. The number of nitrogens with one attached hydrogen (secondary N) is 3. The normalized spacial score (nSPS) is 12.3. The standard InChI is InChI=1S/C28H50N4O7/c1-21(2)27(36)38-19-11-17-30-15-9-5-7-13-23(29)25(33)32-24(26(34)35)14-8-6-10-16-31-18-12-20-39-28(37)22(3)4/h23-24,30-31H,1,3,5-20,29H2,2,4H3,(H,32,33)(H,34,35)/t23-,24-/m0/s1. The minimum Gasteiger partial charge on any atom is -0.480 e. The van der Waals surface area contributed by atoms with Gasteiger partial charge in [-0.1, -0.05) is 38.8 Å². The van der Waals surface area contributed by atoms with Crippen LogP contribution in [0.2, 0.25) is 0 Å². The topological polar surface area (TPSA) is 169 Å². The molecule has 0 bridgehead atoms. The Kier molecular flexibility index (Phi) is 21.5. The Morgan fingerprint density at radius 1 is 0.718 bits per heavy atom. The molecule has 0 saturated carbocycles. The Bertz CT molecular complexity index is 773. The molecular weight excluding hydrogens is 504 g/mol. The summed E-state index contributed by atoms with van der Waals surface area (Å²) in [5.41, 5.74) is 6.75. The van der Waals surface area contributed by atoms with Crippen LogP contribution in [-0.4, -0.2) is 80.4 Å². The second-order valence-corrected chi connectivity index (χ2v) is 9.74. The lowest BCUT2D eigenvalue weighted by Crippen LogP contribution is -2.48. The number of ether oxygens (including phenoxy) is 2. The molecule has 11 nitrogen and oxygen atoms in total. The van der Waals surface area contributed by atoms with E-state index < -0.39 is 24.0 Å². The molecule has 0 radical (unpaired) electrons. The first kappa shape index (κ1) is 36.2. The van der Waals surface area contributed by atoms with Crippen LogP contribution in [0.3, 0.4) is 0 Å². The van der Waals surface area contributed by atoms with E-state index in [4.69, 9.17) is 15.2 Å². The summed E-state index contributed by atoms with van der Waals surface area (Å²) in [6, 6.07) is -1.68. The summed E-state index contributed by atoms with van der Waals surface area (Å²) < 4.78 is 10.0. The zero-order valence-corrected chi connectivity index (χ0v) is 23.9. The molecule has 0 aliphatic carbocycles. The Morgan fingerprint density at radius 2 is 1.15 bits per heavy atom. The third-order valence-corrected chi connectivity index (χ3v) is 5.83. The van der Waals surface area contributed by atoms with Gasteiger partial charge >= 0.3 is 17.9 Å². The monoisotopic (exact) mass is 554 g/mol. The highest BCUT2D eigenvalue weighted by Crippen LogP contribution is 2.07. The van der Waals surface area contributed by atoms with Gasteiger partial charge in [-0.25, -0.2) is 14.4 Å². The van der Waals surface area contributed by atoms with Crippen molar-refractivity contribution >= 4 is 23.8 Å². The smallest absolute Gasteiger partial charge is 0.333 e. The Labute approximate surface area is 233 Å². The lowest BCUT2D eigenvalue weighted by molar-refractivity contribution is -0.142. The first-order chi connectivity index (χ1) is 18.6. The predicted molar refractivity (Wildman–Crippen MR) is 151 cm³/mol. The van der Waals surface area contributed by atoms with Gasteiger partial charge in [0.15, 0.2) is 0 Å². The fourth-order valence-corrected chi connectivity index (χ4v) is 3.45. The van der Waals surface area contributed by atoms with Crippen molar-refractivity contribution in [2.24, 2.45) is 5.73 Å². The molecule has 0 aliphatic rings. The Morgan fingerprint density at radius 3 is 1.59 bits per heavy atom. The number of nitrogens with two attached hydrogens (primary N) is 1. The van der Waals surface area contributed by atoms with E-state index in [2.05, 4.69) is 29.1 Å². The summed E-state index contributed by atoms with van der Waals surface area (Å²) >= 11 is 0. The molecule has 0 saturated heterocycles. The molecule has 224 valence electrons. The lowest BCUT2D eigenvalue weighted by Gasteiger charge is -2.18. The van der Waals surface area contributed by atoms with E-state index >= 15 is 0 Å². The zero-order valence-electron chi connectivity index (χ0n) is 23.9. The van der Waals surface area contributed by atoms with Crippen LogP contribution >= 0.6 is 0 Å². The van der Waals surface area contributed by atoms with Crippen LogP contribution in [0, 0.1) is 0 Å². The Hall–Kier alpha value is -2.76. The van der Waals surface area contributed by atoms with E-state index in [0.717, 1.165) is 64.7 Å². The number of hydrogen-bond acceptors (Lipinski definition) is 9. The van der Waals surface area contributed by atoms with E-state index in [9.17, 15) is 24.3 Å². The second kappa shape index (κ2) is 23.2. The largest absolute Gasteiger partial charge is 0.480 e. The maximum Gasteiger partial charge on any atom is 0.333 e. The van der Waals surface area contributed by atoms with Crippen LogP contribution in [0.15, 0.2) is 24.3 Å². The van der Waals surface area contributed by atoms with Crippen molar-refractivity contribution in [2.45, 2.75) is 90.1 Å². The van der Waals surface area contributed by atoms with Crippen molar-refractivity contribution in [3.8, 4) is 0 Å². The molecule has 2 atom stereocenters. The number of hydrogen-bond donors (Lipinski definition) is 5. The van der Waals surface area contributed by atoms with Gasteiger partial charge < -0.3 is 36.3 Å². The molecule has 6 N–H and O–H groups in total. The molecule has 0 fully saturated rings. The average molecular weight is 555 g/mol. The van der Waals surface area contributed by atoms with Gasteiger partial charge in [0.05, 0.1) is 19.3 Å². The summed E-state index contributed by atoms with van der Waals surface area (Å²) in [6.07, 6.45) is 7.25. The molecule has 0 rings (SSSR count). The third-order valence-electron chi connectivity index (χ3n) is 5.83. The van der Waals surface area contributed by atoms with Crippen molar-refractivity contribution in [2.75, 3.05) is 39.4 Å². The number of aliphatic carboxylic acids is 1. The molecule has 0 unspecified atom stereocenters. The van der Waals surface area contributed by atoms with Gasteiger partial charge in [0.25, 0.3) is 0 Å². The number of unbranched alkanes of at least 4 members (excludes halogenated alkanes) is 4. The van der Waals surface area contributed by atoms with Gasteiger partial charge in [-0.05, 0) is 78.6 Å². The molecule has 0 aromatic rings. The van der Waals surface area contributed by atoms with E-state index in [-0.39, 0.29) is 11.9 Å². The number of amides is 1.